The minimum Gasteiger partial charge on any atom is -0.476 e. The van der Waals surface area contributed by atoms with Gasteiger partial charge in [-0.05, 0) is 10.4 Å². The van der Waals surface area contributed by atoms with Crippen LogP contribution in [-0.4, -0.2) is 42.2 Å². The summed E-state index contributed by atoms with van der Waals surface area (Å²) in [6, 6.07) is 0. The molecule has 2 N–H and O–H groups in total. The SMILES string of the molecule is O=C(Cn1cnnn1)NCc1nc(C(=O)O)cs1. The molecule has 0 aromatic carbocycles. The van der Waals surface area contributed by atoms with Crippen LogP contribution in [0.5, 0.6) is 0 Å². The molecule has 0 aliphatic carbocycles. The molecule has 0 spiro atoms. The number of hydrogen-bond acceptors (Lipinski definition) is 7. The summed E-state index contributed by atoms with van der Waals surface area (Å²) in [5.41, 5.74) is -0.0234. The molecule has 10 heteroatoms. The maximum atomic E-state index is 11.5. The van der Waals surface area contributed by atoms with Crippen molar-refractivity contribution in [2.45, 2.75) is 13.1 Å². The largest absolute Gasteiger partial charge is 0.476 e. The average molecular weight is 268 g/mol. The lowest BCUT2D eigenvalue weighted by Crippen LogP contribution is -2.27. The number of rotatable bonds is 5. The van der Waals surface area contributed by atoms with Gasteiger partial charge in [-0.1, -0.05) is 0 Å². The van der Waals surface area contributed by atoms with E-state index < -0.39 is 5.97 Å². The Morgan fingerprint density at radius 1 is 1.50 bits per heavy atom. The van der Waals surface area contributed by atoms with Crippen molar-refractivity contribution in [3.8, 4) is 0 Å². The minimum absolute atomic E-state index is 0.00413. The number of carbonyl (C=O) groups excluding carboxylic acids is 1. The highest BCUT2D eigenvalue weighted by molar-refractivity contribution is 7.09. The summed E-state index contributed by atoms with van der Waals surface area (Å²) in [5.74, 6) is -1.37. The zero-order valence-electron chi connectivity index (χ0n) is 8.98. The van der Waals surface area contributed by atoms with Gasteiger partial charge in [0, 0.05) is 5.38 Å². The molecule has 2 aromatic heterocycles. The molecular weight excluding hydrogens is 260 g/mol. The first-order valence-corrected chi connectivity index (χ1v) is 5.68. The van der Waals surface area contributed by atoms with Gasteiger partial charge in [0.1, 0.15) is 17.9 Å². The molecule has 0 bridgehead atoms. The smallest absolute Gasteiger partial charge is 0.355 e. The predicted octanol–water partition coefficient (Wildman–Crippen LogP) is -0.856. The maximum absolute atomic E-state index is 11.5. The van der Waals surface area contributed by atoms with Gasteiger partial charge < -0.3 is 10.4 Å². The number of carboxylic acid groups (broad SMARTS) is 1. The van der Waals surface area contributed by atoms with Crippen LogP contribution in [0.15, 0.2) is 11.7 Å². The number of nitrogens with one attached hydrogen (secondary N) is 1. The maximum Gasteiger partial charge on any atom is 0.355 e. The van der Waals surface area contributed by atoms with Crippen LogP contribution >= 0.6 is 11.3 Å². The van der Waals surface area contributed by atoms with Crippen molar-refractivity contribution < 1.29 is 14.7 Å². The van der Waals surface area contributed by atoms with Crippen LogP contribution < -0.4 is 5.32 Å². The highest BCUT2D eigenvalue weighted by Gasteiger charge is 2.09. The zero-order valence-corrected chi connectivity index (χ0v) is 9.79. The van der Waals surface area contributed by atoms with Crippen molar-refractivity contribution in [3.05, 3.63) is 22.4 Å². The van der Waals surface area contributed by atoms with Gasteiger partial charge in [0.25, 0.3) is 0 Å². The van der Waals surface area contributed by atoms with E-state index in [-0.39, 0.29) is 24.7 Å². The third kappa shape index (κ3) is 3.07. The van der Waals surface area contributed by atoms with E-state index in [0.717, 1.165) is 0 Å². The Bertz CT molecular complexity index is 551. The number of tetrazole rings is 1. The fourth-order valence-corrected chi connectivity index (χ4v) is 1.83. The highest BCUT2D eigenvalue weighted by atomic mass is 32.1. The number of thiazole rings is 1. The molecular formula is C8H8N6O3S. The Morgan fingerprint density at radius 2 is 2.33 bits per heavy atom. The van der Waals surface area contributed by atoms with E-state index in [4.69, 9.17) is 5.11 Å². The Labute approximate surface area is 104 Å². The molecule has 0 aliphatic heterocycles. The monoisotopic (exact) mass is 268 g/mol. The second-order valence-electron chi connectivity index (χ2n) is 3.22. The molecule has 2 heterocycles. The van der Waals surface area contributed by atoms with Gasteiger partial charge in [0.2, 0.25) is 5.91 Å². The van der Waals surface area contributed by atoms with E-state index in [0.29, 0.717) is 5.01 Å². The molecule has 0 radical (unpaired) electrons. The van der Waals surface area contributed by atoms with Crippen LogP contribution in [-0.2, 0) is 17.9 Å². The molecule has 2 rings (SSSR count). The standard InChI is InChI=1S/C8H8N6O3S/c15-6(2-14-4-10-12-13-14)9-1-7-11-5(3-18-7)8(16)17/h3-4H,1-2H2,(H,9,15)(H,16,17). The summed E-state index contributed by atoms with van der Waals surface area (Å²) in [7, 11) is 0. The Hall–Kier alpha value is -2.36. The molecule has 9 nitrogen and oxygen atoms in total. The summed E-state index contributed by atoms with van der Waals surface area (Å²) in [4.78, 5) is 25.9. The number of aromatic carboxylic acids is 1. The molecule has 0 unspecified atom stereocenters. The number of carbonyl (C=O) groups is 2. The van der Waals surface area contributed by atoms with Gasteiger partial charge in [-0.25, -0.2) is 14.5 Å². The van der Waals surface area contributed by atoms with Gasteiger partial charge in [0.15, 0.2) is 5.69 Å². The molecule has 0 fully saturated rings. The quantitative estimate of drug-likeness (QED) is 0.723. The number of aromatic nitrogens is 5. The number of nitrogens with zero attached hydrogens (tertiary/aromatic N) is 5. The van der Waals surface area contributed by atoms with Crippen LogP contribution in [0.3, 0.4) is 0 Å². The molecule has 1 amide bonds. The average Bonchev–Trinajstić information content (AvgIpc) is 2.96. The van der Waals surface area contributed by atoms with E-state index in [1.54, 1.807) is 0 Å². The summed E-state index contributed by atoms with van der Waals surface area (Å²) in [5, 5.41) is 23.5. The van der Waals surface area contributed by atoms with Crippen LogP contribution in [0.4, 0.5) is 0 Å². The number of carboxylic acids is 1. The van der Waals surface area contributed by atoms with E-state index in [1.165, 1.54) is 27.7 Å². The van der Waals surface area contributed by atoms with Crippen molar-refractivity contribution in [2.24, 2.45) is 0 Å². The second-order valence-corrected chi connectivity index (χ2v) is 4.16. The summed E-state index contributed by atoms with van der Waals surface area (Å²) < 4.78 is 1.28. The van der Waals surface area contributed by atoms with E-state index >= 15 is 0 Å². The predicted molar refractivity (Wildman–Crippen MR) is 58.7 cm³/mol. The fraction of sp³-hybridized carbons (Fsp3) is 0.250. The molecule has 0 atom stereocenters. The second kappa shape index (κ2) is 5.31. The van der Waals surface area contributed by atoms with Gasteiger partial charge in [-0.15, -0.1) is 16.4 Å². The van der Waals surface area contributed by atoms with Gasteiger partial charge in [0.05, 0.1) is 6.54 Å². The zero-order chi connectivity index (χ0) is 13.0. The van der Waals surface area contributed by atoms with Crippen LogP contribution in [0.25, 0.3) is 0 Å². The van der Waals surface area contributed by atoms with Crippen LogP contribution in [0, 0.1) is 0 Å². The third-order valence-corrected chi connectivity index (χ3v) is 2.75. The molecule has 18 heavy (non-hydrogen) atoms. The van der Waals surface area contributed by atoms with Crippen molar-refractivity contribution in [2.75, 3.05) is 0 Å². The lowest BCUT2D eigenvalue weighted by atomic mass is 10.5. The van der Waals surface area contributed by atoms with Crippen LogP contribution in [0.1, 0.15) is 15.5 Å². The molecule has 0 saturated heterocycles. The third-order valence-electron chi connectivity index (χ3n) is 1.90. The first-order chi connectivity index (χ1) is 8.65. The van der Waals surface area contributed by atoms with E-state index in [1.807, 2.05) is 0 Å². The first-order valence-electron chi connectivity index (χ1n) is 4.80. The lowest BCUT2D eigenvalue weighted by molar-refractivity contribution is -0.122. The number of hydrogen-bond donors (Lipinski definition) is 2. The van der Waals surface area contributed by atoms with E-state index in [9.17, 15) is 9.59 Å². The van der Waals surface area contributed by atoms with Crippen molar-refractivity contribution >= 4 is 23.2 Å². The number of amides is 1. The summed E-state index contributed by atoms with van der Waals surface area (Å²) >= 11 is 1.17. The Kier molecular flexibility index (Phi) is 3.57. The van der Waals surface area contributed by atoms with Crippen molar-refractivity contribution in [1.82, 2.24) is 30.5 Å². The van der Waals surface area contributed by atoms with Gasteiger partial charge in [-0.2, -0.15) is 0 Å². The van der Waals surface area contributed by atoms with Crippen molar-refractivity contribution in [1.29, 1.82) is 0 Å². The lowest BCUT2D eigenvalue weighted by Gasteiger charge is -2.01. The summed E-state index contributed by atoms with van der Waals surface area (Å²) in [6.45, 7) is 0.184. The van der Waals surface area contributed by atoms with E-state index in [2.05, 4.69) is 25.8 Å². The topological polar surface area (TPSA) is 123 Å². The summed E-state index contributed by atoms with van der Waals surface area (Å²) in [6.07, 6.45) is 1.32. The molecule has 0 aliphatic rings. The van der Waals surface area contributed by atoms with Gasteiger partial charge in [-0.3, -0.25) is 4.79 Å². The molecule has 2 aromatic rings. The van der Waals surface area contributed by atoms with Crippen LogP contribution in [0.2, 0.25) is 0 Å². The van der Waals surface area contributed by atoms with Crippen molar-refractivity contribution in [3.63, 3.8) is 0 Å². The first kappa shape index (κ1) is 12.1. The van der Waals surface area contributed by atoms with Gasteiger partial charge >= 0.3 is 5.97 Å². The Balaban J connectivity index is 1.83. The fourth-order valence-electron chi connectivity index (χ4n) is 1.12. The molecule has 0 saturated carbocycles. The molecule has 94 valence electrons. The highest BCUT2D eigenvalue weighted by Crippen LogP contribution is 2.09. The Morgan fingerprint density at radius 3 is 2.94 bits per heavy atom. The normalized spacial score (nSPS) is 10.2. The minimum atomic E-state index is -1.09.